The van der Waals surface area contributed by atoms with Crippen molar-refractivity contribution >= 4 is 17.7 Å². The van der Waals surface area contributed by atoms with Crippen molar-refractivity contribution in [3.05, 3.63) is 0 Å². The first kappa shape index (κ1) is 15.8. The normalized spacial score (nSPS) is 12.1. The third kappa shape index (κ3) is 8.03. The number of thioether (sulfide) groups is 1. The zero-order valence-corrected chi connectivity index (χ0v) is 11.9. The summed E-state index contributed by atoms with van der Waals surface area (Å²) in [4.78, 5) is 10.8. The molecule has 2 nitrogen and oxygen atoms in total. The molecule has 1 N–H and O–H groups in total. The van der Waals surface area contributed by atoms with E-state index in [2.05, 4.69) is 13.8 Å². The number of carboxylic acid groups (broad SMARTS) is 1. The van der Waals surface area contributed by atoms with E-state index >= 15 is 0 Å². The van der Waals surface area contributed by atoms with E-state index in [0.29, 0.717) is 5.75 Å². The van der Waals surface area contributed by atoms with Gasteiger partial charge in [0, 0.05) is 5.75 Å². The van der Waals surface area contributed by atoms with Crippen molar-refractivity contribution in [2.24, 2.45) is 11.3 Å². The van der Waals surface area contributed by atoms with Crippen LogP contribution in [0.25, 0.3) is 0 Å². The lowest BCUT2D eigenvalue weighted by Crippen LogP contribution is -2.26. The van der Waals surface area contributed by atoms with Crippen LogP contribution >= 0.6 is 11.8 Å². The zero-order valence-electron chi connectivity index (χ0n) is 11.1. The molecule has 0 aliphatic carbocycles. The van der Waals surface area contributed by atoms with Gasteiger partial charge in [0.25, 0.3) is 0 Å². The summed E-state index contributed by atoms with van der Waals surface area (Å²) in [5, 5.41) is 8.93. The molecule has 0 saturated carbocycles. The third-order valence-electron chi connectivity index (χ3n) is 2.61. The van der Waals surface area contributed by atoms with Crippen LogP contribution in [-0.2, 0) is 4.79 Å². The van der Waals surface area contributed by atoms with E-state index in [-0.39, 0.29) is 0 Å². The van der Waals surface area contributed by atoms with Gasteiger partial charge in [0.1, 0.15) is 0 Å². The largest absolute Gasteiger partial charge is 0.481 e. The second-order valence-electron chi connectivity index (χ2n) is 5.48. The van der Waals surface area contributed by atoms with Gasteiger partial charge in [0.2, 0.25) is 0 Å². The highest BCUT2D eigenvalue weighted by Crippen LogP contribution is 2.23. The Morgan fingerprint density at radius 1 is 1.25 bits per heavy atom. The number of hydrogen-bond donors (Lipinski definition) is 1. The number of unbranched alkanes of at least 4 members (excludes halogenated alkanes) is 2. The van der Waals surface area contributed by atoms with E-state index in [4.69, 9.17) is 5.11 Å². The predicted octanol–water partition coefficient (Wildman–Crippen LogP) is 4.05. The molecule has 96 valence electrons. The van der Waals surface area contributed by atoms with Crippen molar-refractivity contribution in [2.45, 2.75) is 53.4 Å². The van der Waals surface area contributed by atoms with Gasteiger partial charge in [-0.05, 0) is 31.9 Å². The van der Waals surface area contributed by atoms with Crippen LogP contribution in [-0.4, -0.2) is 22.6 Å². The average molecular weight is 246 g/mol. The monoisotopic (exact) mass is 246 g/mol. The number of hydrogen-bond acceptors (Lipinski definition) is 2. The first-order chi connectivity index (χ1) is 7.36. The predicted molar refractivity (Wildman–Crippen MR) is 72.0 cm³/mol. The van der Waals surface area contributed by atoms with Crippen LogP contribution in [0.15, 0.2) is 0 Å². The molecule has 16 heavy (non-hydrogen) atoms. The van der Waals surface area contributed by atoms with Gasteiger partial charge < -0.3 is 5.11 Å². The van der Waals surface area contributed by atoms with Gasteiger partial charge in [-0.2, -0.15) is 11.8 Å². The molecular weight excluding hydrogens is 220 g/mol. The van der Waals surface area contributed by atoms with Gasteiger partial charge in [0.15, 0.2) is 0 Å². The summed E-state index contributed by atoms with van der Waals surface area (Å²) in [6.07, 6.45) is 5.11. The first-order valence-electron chi connectivity index (χ1n) is 6.17. The lowest BCUT2D eigenvalue weighted by Gasteiger charge is -2.18. The smallest absolute Gasteiger partial charge is 0.309 e. The van der Waals surface area contributed by atoms with Crippen molar-refractivity contribution in [1.82, 2.24) is 0 Å². The van der Waals surface area contributed by atoms with E-state index in [1.165, 1.54) is 25.7 Å². The standard InChI is InChI=1S/C13H26O2S/c1-11(2)8-6-5-7-9-16-10-13(3,4)12(14)15/h11H,5-10H2,1-4H3,(H,14,15). The van der Waals surface area contributed by atoms with E-state index in [1.54, 1.807) is 25.6 Å². The Bertz CT molecular complexity index is 200. The molecule has 3 heteroatoms. The second-order valence-corrected chi connectivity index (χ2v) is 6.59. The highest BCUT2D eigenvalue weighted by Gasteiger charge is 2.26. The molecule has 0 atom stereocenters. The number of carbonyl (C=O) groups is 1. The summed E-state index contributed by atoms with van der Waals surface area (Å²) in [6.45, 7) is 8.09. The third-order valence-corrected chi connectivity index (χ3v) is 4.12. The number of carboxylic acids is 1. The molecule has 0 aliphatic heterocycles. The molecule has 0 aliphatic rings. The summed E-state index contributed by atoms with van der Waals surface area (Å²) in [5.74, 6) is 1.92. The second kappa shape index (κ2) is 7.99. The van der Waals surface area contributed by atoms with Crippen LogP contribution in [0.5, 0.6) is 0 Å². The first-order valence-corrected chi connectivity index (χ1v) is 7.33. The quantitative estimate of drug-likeness (QED) is 0.624. The summed E-state index contributed by atoms with van der Waals surface area (Å²) in [6, 6.07) is 0. The Kier molecular flexibility index (Phi) is 7.90. The Morgan fingerprint density at radius 3 is 2.38 bits per heavy atom. The van der Waals surface area contributed by atoms with Crippen LogP contribution in [0.4, 0.5) is 0 Å². The molecule has 0 unspecified atom stereocenters. The summed E-state index contributed by atoms with van der Waals surface area (Å²) in [5.41, 5.74) is -0.581. The maximum Gasteiger partial charge on any atom is 0.309 e. The molecule has 0 amide bonds. The minimum Gasteiger partial charge on any atom is -0.481 e. The van der Waals surface area contributed by atoms with Crippen LogP contribution < -0.4 is 0 Å². The molecule has 0 radical (unpaired) electrons. The Balaban J connectivity index is 3.37. The number of aliphatic carboxylic acids is 1. The lowest BCUT2D eigenvalue weighted by molar-refractivity contribution is -0.145. The van der Waals surface area contributed by atoms with Gasteiger partial charge in [-0.3, -0.25) is 4.79 Å². The van der Waals surface area contributed by atoms with E-state index < -0.39 is 11.4 Å². The lowest BCUT2D eigenvalue weighted by atomic mass is 9.97. The topological polar surface area (TPSA) is 37.3 Å². The fourth-order valence-electron chi connectivity index (χ4n) is 1.32. The molecular formula is C13H26O2S. The van der Waals surface area contributed by atoms with Gasteiger partial charge >= 0.3 is 5.97 Å². The molecule has 0 aromatic heterocycles. The molecule has 0 fully saturated rings. The fraction of sp³-hybridized carbons (Fsp3) is 0.923. The molecule has 0 aromatic carbocycles. The summed E-state index contributed by atoms with van der Waals surface area (Å²) >= 11 is 1.77. The van der Waals surface area contributed by atoms with Crippen molar-refractivity contribution in [2.75, 3.05) is 11.5 Å². The summed E-state index contributed by atoms with van der Waals surface area (Å²) in [7, 11) is 0. The van der Waals surface area contributed by atoms with E-state index in [1.807, 2.05) is 0 Å². The van der Waals surface area contributed by atoms with Crippen LogP contribution in [0.3, 0.4) is 0 Å². The van der Waals surface area contributed by atoms with E-state index in [0.717, 1.165) is 11.7 Å². The zero-order chi connectivity index (χ0) is 12.6. The SMILES string of the molecule is CC(C)CCCCCSCC(C)(C)C(=O)O. The van der Waals surface area contributed by atoms with Crippen molar-refractivity contribution < 1.29 is 9.90 Å². The van der Waals surface area contributed by atoms with Gasteiger partial charge in [-0.25, -0.2) is 0 Å². The summed E-state index contributed by atoms with van der Waals surface area (Å²) < 4.78 is 0. The van der Waals surface area contributed by atoms with Crippen LogP contribution in [0.2, 0.25) is 0 Å². The van der Waals surface area contributed by atoms with Crippen LogP contribution in [0.1, 0.15) is 53.4 Å². The van der Waals surface area contributed by atoms with Gasteiger partial charge in [-0.15, -0.1) is 0 Å². The van der Waals surface area contributed by atoms with Gasteiger partial charge in [-0.1, -0.05) is 33.1 Å². The minimum absolute atomic E-state index is 0.581. The van der Waals surface area contributed by atoms with Crippen molar-refractivity contribution in [3.8, 4) is 0 Å². The number of rotatable bonds is 9. The molecule has 0 spiro atoms. The highest BCUT2D eigenvalue weighted by atomic mass is 32.2. The fourth-order valence-corrected chi connectivity index (χ4v) is 2.51. The Morgan fingerprint density at radius 2 is 1.88 bits per heavy atom. The van der Waals surface area contributed by atoms with Gasteiger partial charge in [0.05, 0.1) is 5.41 Å². The Labute approximate surface area is 104 Å². The minimum atomic E-state index is -0.695. The molecule has 0 heterocycles. The maximum atomic E-state index is 10.8. The van der Waals surface area contributed by atoms with Crippen LogP contribution in [0, 0.1) is 11.3 Å². The molecule has 0 saturated heterocycles. The molecule has 0 aromatic rings. The highest BCUT2D eigenvalue weighted by molar-refractivity contribution is 7.99. The Hall–Kier alpha value is -0.180. The average Bonchev–Trinajstić information content (AvgIpc) is 2.15. The van der Waals surface area contributed by atoms with Crippen molar-refractivity contribution in [3.63, 3.8) is 0 Å². The van der Waals surface area contributed by atoms with E-state index in [9.17, 15) is 4.79 Å². The molecule has 0 rings (SSSR count). The van der Waals surface area contributed by atoms with Crippen molar-refractivity contribution in [1.29, 1.82) is 0 Å². The maximum absolute atomic E-state index is 10.8. The molecule has 0 bridgehead atoms.